The molecule has 0 bridgehead atoms. The van der Waals surface area contributed by atoms with Crippen LogP contribution in [0.4, 0.5) is 5.69 Å². The Bertz CT molecular complexity index is 413. The van der Waals surface area contributed by atoms with Crippen LogP contribution in [-0.2, 0) is 6.54 Å². The normalized spacial score (nSPS) is 18.5. The fourth-order valence-corrected chi connectivity index (χ4v) is 1.80. The Hall–Kier alpha value is -1.78. The van der Waals surface area contributed by atoms with Gasteiger partial charge in [-0.15, -0.1) is 0 Å². The summed E-state index contributed by atoms with van der Waals surface area (Å²) in [7, 11) is 4.04. The molecule has 2 heterocycles. The first-order valence-corrected chi connectivity index (χ1v) is 5.83. The zero-order valence-electron chi connectivity index (χ0n) is 10.6. The lowest BCUT2D eigenvalue weighted by atomic mass is 10.3. The third-order valence-electron chi connectivity index (χ3n) is 2.68. The molecular formula is C12H19N5. The topological polar surface area (TPSA) is 52.6 Å². The highest BCUT2D eigenvalue weighted by atomic mass is 15.2. The van der Waals surface area contributed by atoms with E-state index in [0.29, 0.717) is 12.6 Å². The lowest BCUT2D eigenvalue weighted by Crippen LogP contribution is -2.37. The van der Waals surface area contributed by atoms with Crippen LogP contribution in [0.2, 0.25) is 0 Å². The largest absolute Gasteiger partial charge is 0.376 e. The van der Waals surface area contributed by atoms with E-state index in [4.69, 9.17) is 0 Å². The van der Waals surface area contributed by atoms with Gasteiger partial charge in [-0.2, -0.15) is 0 Å². The number of aliphatic imine (C=N–C) groups is 1. The van der Waals surface area contributed by atoms with Crippen molar-refractivity contribution in [2.75, 3.05) is 25.5 Å². The second-order valence-electron chi connectivity index (χ2n) is 4.45. The monoisotopic (exact) mass is 233 g/mol. The van der Waals surface area contributed by atoms with Gasteiger partial charge in [-0.3, -0.25) is 9.98 Å². The summed E-state index contributed by atoms with van der Waals surface area (Å²) in [5, 5.41) is 6.54. The summed E-state index contributed by atoms with van der Waals surface area (Å²) in [5.74, 6) is 0.868. The molecule has 1 atom stereocenters. The second-order valence-corrected chi connectivity index (χ2v) is 4.45. The van der Waals surface area contributed by atoms with E-state index in [1.807, 2.05) is 26.4 Å². The van der Waals surface area contributed by atoms with Gasteiger partial charge in [0.1, 0.15) is 0 Å². The summed E-state index contributed by atoms with van der Waals surface area (Å²) >= 11 is 0. The molecule has 2 N–H and O–H groups in total. The number of hydrogen-bond acceptors (Lipinski definition) is 5. The summed E-state index contributed by atoms with van der Waals surface area (Å²) in [6, 6.07) is 4.44. The lowest BCUT2D eigenvalue weighted by molar-refractivity contribution is 0.711. The first kappa shape index (κ1) is 11.7. The van der Waals surface area contributed by atoms with Gasteiger partial charge in [0.15, 0.2) is 5.96 Å². The van der Waals surface area contributed by atoms with Gasteiger partial charge in [-0.05, 0) is 19.1 Å². The maximum absolute atomic E-state index is 4.39. The SMILES string of the molecule is CC1CN=C(NCc2ncccc2N(C)C)N1. The first-order chi connectivity index (χ1) is 8.16. The Morgan fingerprint density at radius 1 is 1.53 bits per heavy atom. The van der Waals surface area contributed by atoms with Gasteiger partial charge in [-0.25, -0.2) is 0 Å². The van der Waals surface area contributed by atoms with E-state index in [1.165, 1.54) is 0 Å². The zero-order valence-corrected chi connectivity index (χ0v) is 10.6. The number of guanidine groups is 1. The quantitative estimate of drug-likeness (QED) is 0.802. The Kier molecular flexibility index (Phi) is 3.46. The third kappa shape index (κ3) is 2.87. The van der Waals surface area contributed by atoms with Crippen LogP contribution in [0.25, 0.3) is 0 Å². The molecule has 0 fully saturated rings. The van der Waals surface area contributed by atoms with Crippen LogP contribution in [0.1, 0.15) is 12.6 Å². The molecule has 0 radical (unpaired) electrons. The minimum Gasteiger partial charge on any atom is -0.376 e. The van der Waals surface area contributed by atoms with Crippen molar-refractivity contribution >= 4 is 11.6 Å². The summed E-state index contributed by atoms with van der Waals surface area (Å²) in [5.41, 5.74) is 2.16. The highest BCUT2D eigenvalue weighted by Crippen LogP contribution is 2.14. The van der Waals surface area contributed by atoms with Gasteiger partial charge in [-0.1, -0.05) is 0 Å². The van der Waals surface area contributed by atoms with Crippen LogP contribution in [-0.4, -0.2) is 37.6 Å². The molecule has 0 spiro atoms. The standard InChI is InChI=1S/C12H19N5/c1-9-7-14-12(16-9)15-8-10-11(17(2)3)5-4-6-13-10/h4-6,9H,7-8H2,1-3H3,(H2,14,15,16). The van der Waals surface area contributed by atoms with E-state index in [-0.39, 0.29) is 0 Å². The summed E-state index contributed by atoms with van der Waals surface area (Å²) < 4.78 is 0. The van der Waals surface area contributed by atoms with Crippen LogP contribution in [0.5, 0.6) is 0 Å². The van der Waals surface area contributed by atoms with Gasteiger partial charge < -0.3 is 15.5 Å². The van der Waals surface area contributed by atoms with Gasteiger partial charge in [0.25, 0.3) is 0 Å². The van der Waals surface area contributed by atoms with Crippen LogP contribution in [0.15, 0.2) is 23.3 Å². The fourth-order valence-electron chi connectivity index (χ4n) is 1.80. The Morgan fingerprint density at radius 3 is 3.00 bits per heavy atom. The molecule has 92 valence electrons. The van der Waals surface area contributed by atoms with Crippen molar-refractivity contribution in [3.05, 3.63) is 24.0 Å². The van der Waals surface area contributed by atoms with Crippen LogP contribution < -0.4 is 15.5 Å². The summed E-state index contributed by atoms with van der Waals surface area (Å²) in [4.78, 5) is 10.8. The second kappa shape index (κ2) is 5.03. The molecule has 1 aromatic heterocycles. The Morgan fingerprint density at radius 2 is 2.35 bits per heavy atom. The average molecular weight is 233 g/mol. The Balaban J connectivity index is 1.99. The van der Waals surface area contributed by atoms with E-state index < -0.39 is 0 Å². The predicted molar refractivity (Wildman–Crippen MR) is 70.3 cm³/mol. The molecular weight excluding hydrogens is 214 g/mol. The van der Waals surface area contributed by atoms with Crippen LogP contribution >= 0.6 is 0 Å². The lowest BCUT2D eigenvalue weighted by Gasteiger charge is -2.17. The van der Waals surface area contributed by atoms with Crippen molar-refractivity contribution in [2.45, 2.75) is 19.5 Å². The first-order valence-electron chi connectivity index (χ1n) is 5.83. The Labute approximate surface area is 102 Å². The van der Waals surface area contributed by atoms with Gasteiger partial charge in [0.2, 0.25) is 0 Å². The predicted octanol–water partition coefficient (Wildman–Crippen LogP) is 0.585. The maximum Gasteiger partial charge on any atom is 0.191 e. The number of nitrogens with one attached hydrogen (secondary N) is 2. The van der Waals surface area contributed by atoms with Gasteiger partial charge >= 0.3 is 0 Å². The number of aromatic nitrogens is 1. The van der Waals surface area contributed by atoms with Crippen LogP contribution in [0, 0.1) is 0 Å². The van der Waals surface area contributed by atoms with Crippen molar-refractivity contribution in [3.63, 3.8) is 0 Å². The number of nitrogens with zero attached hydrogens (tertiary/aromatic N) is 3. The highest BCUT2D eigenvalue weighted by Gasteiger charge is 2.12. The van der Waals surface area contributed by atoms with Crippen molar-refractivity contribution < 1.29 is 0 Å². The molecule has 2 rings (SSSR count). The van der Waals surface area contributed by atoms with Crippen molar-refractivity contribution in [2.24, 2.45) is 4.99 Å². The van der Waals surface area contributed by atoms with Crippen LogP contribution in [0.3, 0.4) is 0 Å². The molecule has 5 heteroatoms. The summed E-state index contributed by atoms with van der Waals surface area (Å²) in [6.07, 6.45) is 1.82. The van der Waals surface area contributed by atoms with E-state index in [9.17, 15) is 0 Å². The summed E-state index contributed by atoms with van der Waals surface area (Å²) in [6.45, 7) is 3.64. The molecule has 1 unspecified atom stereocenters. The van der Waals surface area contributed by atoms with E-state index in [0.717, 1.165) is 23.9 Å². The van der Waals surface area contributed by atoms with Crippen molar-refractivity contribution in [1.29, 1.82) is 0 Å². The third-order valence-corrected chi connectivity index (χ3v) is 2.68. The number of rotatable bonds is 3. The van der Waals surface area contributed by atoms with E-state index in [2.05, 4.69) is 38.5 Å². The highest BCUT2D eigenvalue weighted by molar-refractivity contribution is 5.81. The number of anilines is 1. The molecule has 5 nitrogen and oxygen atoms in total. The van der Waals surface area contributed by atoms with Crippen molar-refractivity contribution in [3.8, 4) is 0 Å². The molecule has 0 amide bonds. The molecule has 0 aliphatic carbocycles. The molecule has 1 aliphatic rings. The molecule has 0 saturated heterocycles. The van der Waals surface area contributed by atoms with E-state index in [1.54, 1.807) is 0 Å². The van der Waals surface area contributed by atoms with E-state index >= 15 is 0 Å². The average Bonchev–Trinajstić information content (AvgIpc) is 2.73. The van der Waals surface area contributed by atoms with Gasteiger partial charge in [0, 0.05) is 26.3 Å². The minimum atomic E-state index is 0.426. The van der Waals surface area contributed by atoms with Gasteiger partial charge in [0.05, 0.1) is 24.5 Å². The maximum atomic E-state index is 4.39. The molecule has 17 heavy (non-hydrogen) atoms. The number of pyridine rings is 1. The molecule has 1 aliphatic heterocycles. The number of hydrogen-bond donors (Lipinski definition) is 2. The minimum absolute atomic E-state index is 0.426. The fraction of sp³-hybridized carbons (Fsp3) is 0.500. The molecule has 0 saturated carbocycles. The smallest absolute Gasteiger partial charge is 0.191 e. The van der Waals surface area contributed by atoms with Crippen molar-refractivity contribution in [1.82, 2.24) is 15.6 Å². The molecule has 0 aromatic carbocycles. The zero-order chi connectivity index (χ0) is 12.3. The molecule has 1 aromatic rings.